The van der Waals surface area contributed by atoms with E-state index >= 15 is 0 Å². The van der Waals surface area contributed by atoms with Gasteiger partial charge in [-0.25, -0.2) is 0 Å². The summed E-state index contributed by atoms with van der Waals surface area (Å²) in [6.45, 7) is 7.53. The van der Waals surface area contributed by atoms with Gasteiger partial charge in [-0.2, -0.15) is 0 Å². The van der Waals surface area contributed by atoms with E-state index in [1.165, 1.54) is 45.2 Å². The lowest BCUT2D eigenvalue weighted by Gasteiger charge is -2.42. The van der Waals surface area contributed by atoms with Crippen LogP contribution in [0.4, 0.5) is 0 Å². The molecular formula is C14H28N2. The fraction of sp³-hybridized carbons (Fsp3) is 1.00. The van der Waals surface area contributed by atoms with Gasteiger partial charge in [0.2, 0.25) is 0 Å². The Morgan fingerprint density at radius 3 is 2.19 bits per heavy atom. The molecule has 0 aromatic rings. The van der Waals surface area contributed by atoms with Gasteiger partial charge in [0.15, 0.2) is 0 Å². The lowest BCUT2D eigenvalue weighted by atomic mass is 9.84. The number of hydrogen-bond acceptors (Lipinski definition) is 2. The highest BCUT2D eigenvalue weighted by Gasteiger charge is 2.30. The second kappa shape index (κ2) is 5.50. The van der Waals surface area contributed by atoms with E-state index in [-0.39, 0.29) is 0 Å². The minimum absolute atomic E-state index is 0.789. The van der Waals surface area contributed by atoms with E-state index in [0.717, 1.165) is 23.9 Å². The molecule has 2 atom stereocenters. The maximum Gasteiger partial charge on any atom is 0.00965 e. The summed E-state index contributed by atoms with van der Waals surface area (Å²) in [4.78, 5) is 2.77. The fourth-order valence-electron chi connectivity index (χ4n) is 3.36. The average molecular weight is 224 g/mol. The molecule has 2 nitrogen and oxygen atoms in total. The number of nitrogens with one attached hydrogen (secondary N) is 1. The molecule has 2 heteroatoms. The van der Waals surface area contributed by atoms with Gasteiger partial charge >= 0.3 is 0 Å². The molecule has 1 heterocycles. The van der Waals surface area contributed by atoms with Crippen LogP contribution in [0.25, 0.3) is 0 Å². The molecule has 0 radical (unpaired) electrons. The van der Waals surface area contributed by atoms with Crippen LogP contribution >= 0.6 is 0 Å². The lowest BCUT2D eigenvalue weighted by molar-refractivity contribution is 0.0719. The van der Waals surface area contributed by atoms with Crippen LogP contribution in [-0.4, -0.2) is 37.1 Å². The molecule has 1 saturated heterocycles. The van der Waals surface area contributed by atoms with Crippen LogP contribution in [0.15, 0.2) is 0 Å². The molecule has 1 aliphatic heterocycles. The molecule has 1 saturated carbocycles. The second-order valence-electron chi connectivity index (χ2n) is 6.03. The standard InChI is InChI=1S/C14H28N2/c1-11-8-9-16(10-12(11)2)14-6-4-13(15-3)5-7-14/h11-15H,4-10H2,1-3H3. The molecule has 16 heavy (non-hydrogen) atoms. The van der Waals surface area contributed by atoms with Crippen molar-refractivity contribution in [1.82, 2.24) is 10.2 Å². The van der Waals surface area contributed by atoms with Gasteiger partial charge in [0.25, 0.3) is 0 Å². The van der Waals surface area contributed by atoms with E-state index in [0.29, 0.717) is 0 Å². The predicted molar refractivity (Wildman–Crippen MR) is 69.6 cm³/mol. The summed E-state index contributed by atoms with van der Waals surface area (Å²) in [6.07, 6.45) is 6.98. The summed E-state index contributed by atoms with van der Waals surface area (Å²) < 4.78 is 0. The van der Waals surface area contributed by atoms with Crippen molar-refractivity contribution in [2.24, 2.45) is 11.8 Å². The topological polar surface area (TPSA) is 15.3 Å². The quantitative estimate of drug-likeness (QED) is 0.775. The smallest absolute Gasteiger partial charge is 0.00965 e. The largest absolute Gasteiger partial charge is 0.317 e. The number of nitrogens with zero attached hydrogens (tertiary/aromatic N) is 1. The lowest BCUT2D eigenvalue weighted by Crippen LogP contribution is -2.47. The molecule has 2 aliphatic rings. The van der Waals surface area contributed by atoms with Crippen LogP contribution in [0.3, 0.4) is 0 Å². The number of rotatable bonds is 2. The first kappa shape index (κ1) is 12.4. The second-order valence-corrected chi connectivity index (χ2v) is 6.03. The molecular weight excluding hydrogens is 196 g/mol. The van der Waals surface area contributed by atoms with Gasteiger partial charge in [0.05, 0.1) is 0 Å². The minimum atomic E-state index is 0.789. The van der Waals surface area contributed by atoms with Crippen LogP contribution in [-0.2, 0) is 0 Å². The molecule has 0 aromatic carbocycles. The third kappa shape index (κ3) is 2.78. The van der Waals surface area contributed by atoms with Crippen LogP contribution in [0, 0.1) is 11.8 Å². The highest BCUT2D eigenvalue weighted by Crippen LogP contribution is 2.29. The van der Waals surface area contributed by atoms with Gasteiger partial charge < -0.3 is 10.2 Å². The predicted octanol–water partition coefficient (Wildman–Crippen LogP) is 2.49. The molecule has 0 spiro atoms. The third-order valence-electron chi connectivity index (χ3n) is 4.99. The molecule has 0 bridgehead atoms. The van der Waals surface area contributed by atoms with Gasteiger partial charge in [-0.15, -0.1) is 0 Å². The molecule has 1 aliphatic carbocycles. The highest BCUT2D eigenvalue weighted by atomic mass is 15.2. The van der Waals surface area contributed by atoms with Crippen molar-refractivity contribution in [2.45, 2.75) is 58.0 Å². The highest BCUT2D eigenvalue weighted by molar-refractivity contribution is 4.85. The molecule has 2 fully saturated rings. The Morgan fingerprint density at radius 2 is 1.62 bits per heavy atom. The minimum Gasteiger partial charge on any atom is -0.317 e. The Bertz CT molecular complexity index is 209. The van der Waals surface area contributed by atoms with Crippen LogP contribution in [0.1, 0.15) is 46.0 Å². The number of likely N-dealkylation sites (tertiary alicyclic amines) is 1. The van der Waals surface area contributed by atoms with Crippen molar-refractivity contribution in [3.63, 3.8) is 0 Å². The fourth-order valence-corrected chi connectivity index (χ4v) is 3.36. The van der Waals surface area contributed by atoms with E-state index in [9.17, 15) is 0 Å². The molecule has 0 aromatic heterocycles. The first-order valence-corrected chi connectivity index (χ1v) is 7.12. The SMILES string of the molecule is CNC1CCC(N2CCC(C)C(C)C2)CC1. The molecule has 2 rings (SSSR count). The van der Waals surface area contributed by atoms with E-state index in [2.05, 4.69) is 31.1 Å². The monoisotopic (exact) mass is 224 g/mol. The Labute approximate surface area is 101 Å². The zero-order valence-corrected chi connectivity index (χ0v) is 11.2. The van der Waals surface area contributed by atoms with Crippen molar-refractivity contribution >= 4 is 0 Å². The van der Waals surface area contributed by atoms with E-state index < -0.39 is 0 Å². The summed E-state index contributed by atoms with van der Waals surface area (Å²) in [6, 6.07) is 1.68. The van der Waals surface area contributed by atoms with E-state index in [1.54, 1.807) is 0 Å². The Balaban J connectivity index is 1.81. The molecule has 0 amide bonds. The summed E-state index contributed by atoms with van der Waals surface area (Å²) in [5.41, 5.74) is 0. The first-order valence-electron chi connectivity index (χ1n) is 7.12. The van der Waals surface area contributed by atoms with E-state index in [1.807, 2.05) is 0 Å². The Morgan fingerprint density at radius 1 is 0.938 bits per heavy atom. The number of hydrogen-bond donors (Lipinski definition) is 1. The first-order chi connectivity index (χ1) is 7.70. The van der Waals surface area contributed by atoms with Crippen molar-refractivity contribution in [1.29, 1.82) is 0 Å². The van der Waals surface area contributed by atoms with Crippen LogP contribution < -0.4 is 5.32 Å². The van der Waals surface area contributed by atoms with Gasteiger partial charge in [-0.3, -0.25) is 0 Å². The summed E-state index contributed by atoms with van der Waals surface area (Å²) in [5.74, 6) is 1.83. The normalized spacial score (nSPS) is 42.2. The Hall–Kier alpha value is -0.0800. The summed E-state index contributed by atoms with van der Waals surface area (Å²) >= 11 is 0. The van der Waals surface area contributed by atoms with Crippen molar-refractivity contribution in [3.05, 3.63) is 0 Å². The zero-order chi connectivity index (χ0) is 11.5. The van der Waals surface area contributed by atoms with E-state index in [4.69, 9.17) is 0 Å². The van der Waals surface area contributed by atoms with Crippen LogP contribution in [0.2, 0.25) is 0 Å². The van der Waals surface area contributed by atoms with Crippen LogP contribution in [0.5, 0.6) is 0 Å². The molecule has 94 valence electrons. The van der Waals surface area contributed by atoms with Gasteiger partial charge in [0, 0.05) is 18.6 Å². The molecule has 1 N–H and O–H groups in total. The average Bonchev–Trinajstić information content (AvgIpc) is 2.33. The number of piperidine rings is 1. The summed E-state index contributed by atoms with van der Waals surface area (Å²) in [7, 11) is 2.11. The summed E-state index contributed by atoms with van der Waals surface area (Å²) in [5, 5.41) is 3.42. The molecule has 2 unspecified atom stereocenters. The Kier molecular flexibility index (Phi) is 4.26. The zero-order valence-electron chi connectivity index (χ0n) is 11.2. The van der Waals surface area contributed by atoms with Crippen molar-refractivity contribution in [3.8, 4) is 0 Å². The van der Waals surface area contributed by atoms with Gasteiger partial charge in [-0.05, 0) is 57.5 Å². The van der Waals surface area contributed by atoms with Crippen molar-refractivity contribution in [2.75, 3.05) is 20.1 Å². The maximum atomic E-state index is 3.42. The van der Waals surface area contributed by atoms with Crippen molar-refractivity contribution < 1.29 is 0 Å². The third-order valence-corrected chi connectivity index (χ3v) is 4.99. The van der Waals surface area contributed by atoms with Gasteiger partial charge in [0.1, 0.15) is 0 Å². The van der Waals surface area contributed by atoms with Gasteiger partial charge in [-0.1, -0.05) is 13.8 Å². The maximum absolute atomic E-state index is 3.42.